The fraction of sp³-hybridized carbons (Fsp3) is 0.133. The SMILES string of the molecule is NCc1cnc(COc2ccc3ccccc3c2)s1. The van der Waals surface area contributed by atoms with Crippen LogP contribution >= 0.6 is 11.3 Å². The predicted molar refractivity (Wildman–Crippen MR) is 78.3 cm³/mol. The smallest absolute Gasteiger partial charge is 0.140 e. The molecule has 1 aromatic heterocycles. The summed E-state index contributed by atoms with van der Waals surface area (Å²) in [5.41, 5.74) is 5.56. The Kier molecular flexibility index (Phi) is 3.44. The summed E-state index contributed by atoms with van der Waals surface area (Å²) in [4.78, 5) is 5.36. The Balaban J connectivity index is 1.74. The van der Waals surface area contributed by atoms with Crippen LogP contribution in [0, 0.1) is 0 Å². The molecule has 0 amide bonds. The topological polar surface area (TPSA) is 48.1 Å². The number of benzene rings is 2. The Morgan fingerprint density at radius 2 is 1.95 bits per heavy atom. The van der Waals surface area contributed by atoms with Crippen LogP contribution in [-0.4, -0.2) is 4.98 Å². The number of ether oxygens (including phenoxy) is 1. The van der Waals surface area contributed by atoms with Crippen molar-refractivity contribution in [3.8, 4) is 5.75 Å². The molecule has 0 unspecified atom stereocenters. The van der Waals surface area contributed by atoms with Crippen LogP contribution in [0.3, 0.4) is 0 Å². The largest absolute Gasteiger partial charge is 0.486 e. The number of hydrogen-bond acceptors (Lipinski definition) is 4. The number of hydrogen-bond donors (Lipinski definition) is 1. The Hall–Kier alpha value is -1.91. The van der Waals surface area contributed by atoms with Gasteiger partial charge in [-0.1, -0.05) is 30.3 Å². The van der Waals surface area contributed by atoms with Crippen LogP contribution < -0.4 is 10.5 Å². The van der Waals surface area contributed by atoms with Crippen LogP contribution in [0.2, 0.25) is 0 Å². The number of nitrogens with two attached hydrogens (primary N) is 1. The zero-order chi connectivity index (χ0) is 13.1. The third kappa shape index (κ3) is 2.75. The molecule has 4 heteroatoms. The Labute approximate surface area is 115 Å². The molecule has 3 nitrogen and oxygen atoms in total. The zero-order valence-corrected chi connectivity index (χ0v) is 11.2. The van der Waals surface area contributed by atoms with Gasteiger partial charge in [0.2, 0.25) is 0 Å². The molecule has 0 aliphatic heterocycles. The van der Waals surface area contributed by atoms with Crippen LogP contribution in [0.4, 0.5) is 0 Å². The third-order valence-corrected chi connectivity index (χ3v) is 3.88. The van der Waals surface area contributed by atoms with Crippen LogP contribution in [-0.2, 0) is 13.2 Å². The molecule has 3 rings (SSSR count). The number of rotatable bonds is 4. The van der Waals surface area contributed by atoms with E-state index >= 15 is 0 Å². The fourth-order valence-corrected chi connectivity index (χ4v) is 2.63. The molecule has 1 heterocycles. The van der Waals surface area contributed by atoms with Gasteiger partial charge in [0.25, 0.3) is 0 Å². The van der Waals surface area contributed by atoms with Gasteiger partial charge in [0, 0.05) is 17.6 Å². The first-order valence-corrected chi connectivity index (χ1v) is 6.92. The molecule has 0 bridgehead atoms. The van der Waals surface area contributed by atoms with E-state index in [4.69, 9.17) is 10.5 Å². The van der Waals surface area contributed by atoms with Gasteiger partial charge in [-0.15, -0.1) is 11.3 Å². The van der Waals surface area contributed by atoms with Crippen molar-refractivity contribution in [2.24, 2.45) is 5.73 Å². The molecule has 0 saturated carbocycles. The lowest BCUT2D eigenvalue weighted by Gasteiger charge is -2.05. The minimum absolute atomic E-state index is 0.489. The Morgan fingerprint density at radius 1 is 1.11 bits per heavy atom. The molecule has 0 aliphatic carbocycles. The van der Waals surface area contributed by atoms with Gasteiger partial charge in [-0.2, -0.15) is 0 Å². The maximum Gasteiger partial charge on any atom is 0.140 e. The Morgan fingerprint density at radius 3 is 2.74 bits per heavy atom. The van der Waals surface area contributed by atoms with E-state index in [-0.39, 0.29) is 0 Å². The summed E-state index contributed by atoms with van der Waals surface area (Å²) in [7, 11) is 0. The van der Waals surface area contributed by atoms with Gasteiger partial charge in [0.15, 0.2) is 0 Å². The molecule has 2 N–H and O–H groups in total. The highest BCUT2D eigenvalue weighted by atomic mass is 32.1. The molecule has 0 fully saturated rings. The summed E-state index contributed by atoms with van der Waals surface area (Å²) in [5.74, 6) is 0.864. The first kappa shape index (κ1) is 12.1. The van der Waals surface area contributed by atoms with Crippen LogP contribution in [0.1, 0.15) is 9.88 Å². The van der Waals surface area contributed by atoms with Gasteiger partial charge in [-0.25, -0.2) is 4.98 Å². The van der Waals surface area contributed by atoms with Gasteiger partial charge in [-0.05, 0) is 22.9 Å². The number of nitrogens with zero attached hydrogens (tertiary/aromatic N) is 1. The van der Waals surface area contributed by atoms with Crippen molar-refractivity contribution in [3.63, 3.8) is 0 Å². The van der Waals surface area contributed by atoms with Crippen molar-refractivity contribution in [3.05, 3.63) is 58.5 Å². The summed E-state index contributed by atoms with van der Waals surface area (Å²) in [5, 5.41) is 3.35. The maximum absolute atomic E-state index is 5.77. The molecule has 19 heavy (non-hydrogen) atoms. The van der Waals surface area contributed by atoms with E-state index in [0.717, 1.165) is 15.6 Å². The van der Waals surface area contributed by atoms with Crippen molar-refractivity contribution in [1.82, 2.24) is 4.98 Å². The minimum Gasteiger partial charge on any atom is -0.486 e. The summed E-state index contributed by atoms with van der Waals surface area (Å²) >= 11 is 1.59. The van der Waals surface area contributed by atoms with Gasteiger partial charge in [-0.3, -0.25) is 0 Å². The van der Waals surface area contributed by atoms with Crippen LogP contribution in [0.15, 0.2) is 48.7 Å². The van der Waals surface area contributed by atoms with Crippen LogP contribution in [0.25, 0.3) is 10.8 Å². The average Bonchev–Trinajstić information content (AvgIpc) is 2.93. The number of aromatic nitrogens is 1. The van der Waals surface area contributed by atoms with Gasteiger partial charge in [0.1, 0.15) is 17.4 Å². The fourth-order valence-electron chi connectivity index (χ4n) is 1.91. The molecule has 0 radical (unpaired) electrons. The summed E-state index contributed by atoms with van der Waals surface area (Å²) in [6.45, 7) is 1.02. The van der Waals surface area contributed by atoms with E-state index in [2.05, 4.69) is 23.2 Å². The predicted octanol–water partition coefficient (Wildman–Crippen LogP) is 3.33. The van der Waals surface area contributed by atoms with E-state index in [1.807, 2.05) is 30.5 Å². The second-order valence-electron chi connectivity index (χ2n) is 4.22. The maximum atomic E-state index is 5.77. The first-order chi connectivity index (χ1) is 9.35. The van der Waals surface area contributed by atoms with Gasteiger partial charge >= 0.3 is 0 Å². The molecule has 3 aromatic rings. The first-order valence-electron chi connectivity index (χ1n) is 6.10. The quantitative estimate of drug-likeness (QED) is 0.791. The summed E-state index contributed by atoms with van der Waals surface area (Å²) in [6.07, 6.45) is 1.81. The lowest BCUT2D eigenvalue weighted by atomic mass is 10.1. The average molecular weight is 270 g/mol. The number of fused-ring (bicyclic) bond motifs is 1. The van der Waals surface area contributed by atoms with Crippen molar-refractivity contribution >= 4 is 22.1 Å². The number of thiazole rings is 1. The van der Waals surface area contributed by atoms with E-state index in [0.29, 0.717) is 13.2 Å². The normalized spacial score (nSPS) is 10.8. The monoisotopic (exact) mass is 270 g/mol. The van der Waals surface area contributed by atoms with Crippen molar-refractivity contribution in [2.45, 2.75) is 13.2 Å². The van der Waals surface area contributed by atoms with Crippen molar-refractivity contribution in [1.29, 1.82) is 0 Å². The minimum atomic E-state index is 0.489. The molecule has 0 atom stereocenters. The van der Waals surface area contributed by atoms with E-state index < -0.39 is 0 Å². The lowest BCUT2D eigenvalue weighted by molar-refractivity contribution is 0.306. The van der Waals surface area contributed by atoms with E-state index in [1.54, 1.807) is 11.3 Å². The molecule has 0 saturated heterocycles. The summed E-state index contributed by atoms with van der Waals surface area (Å²) < 4.78 is 5.77. The van der Waals surface area contributed by atoms with Gasteiger partial charge in [0.05, 0.1) is 0 Å². The third-order valence-electron chi connectivity index (χ3n) is 2.89. The van der Waals surface area contributed by atoms with E-state index in [9.17, 15) is 0 Å². The summed E-state index contributed by atoms with van der Waals surface area (Å²) in [6, 6.07) is 14.3. The highest BCUT2D eigenvalue weighted by Gasteiger charge is 2.02. The van der Waals surface area contributed by atoms with E-state index in [1.165, 1.54) is 10.8 Å². The second kappa shape index (κ2) is 5.38. The molecule has 96 valence electrons. The highest BCUT2D eigenvalue weighted by molar-refractivity contribution is 7.11. The molecule has 0 spiro atoms. The Bertz CT molecular complexity index is 693. The lowest BCUT2D eigenvalue weighted by Crippen LogP contribution is -1.94. The molecular formula is C15H14N2OS. The standard InChI is InChI=1S/C15H14N2OS/c16-8-14-9-17-15(19-14)10-18-13-6-5-11-3-1-2-4-12(11)7-13/h1-7,9H,8,10,16H2. The highest BCUT2D eigenvalue weighted by Crippen LogP contribution is 2.22. The van der Waals surface area contributed by atoms with Crippen molar-refractivity contribution in [2.75, 3.05) is 0 Å². The second-order valence-corrected chi connectivity index (χ2v) is 5.42. The molecule has 0 aliphatic rings. The zero-order valence-electron chi connectivity index (χ0n) is 10.4. The van der Waals surface area contributed by atoms with Gasteiger partial charge < -0.3 is 10.5 Å². The molecular weight excluding hydrogens is 256 g/mol. The molecule has 2 aromatic carbocycles. The van der Waals surface area contributed by atoms with Crippen molar-refractivity contribution < 1.29 is 4.74 Å². The van der Waals surface area contributed by atoms with Crippen LogP contribution in [0.5, 0.6) is 5.75 Å².